The summed E-state index contributed by atoms with van der Waals surface area (Å²) in [6.45, 7) is 37.8. The van der Waals surface area contributed by atoms with E-state index in [-0.39, 0.29) is 36.1 Å². The Morgan fingerprint density at radius 1 is 0.458 bits per heavy atom. The number of aromatic hydroxyl groups is 1. The van der Waals surface area contributed by atoms with Gasteiger partial charge in [0.05, 0.1) is 14.7 Å². The van der Waals surface area contributed by atoms with Crippen molar-refractivity contribution in [3.05, 3.63) is 119 Å². The molecule has 0 aromatic heterocycles. The van der Waals surface area contributed by atoms with Crippen molar-refractivity contribution < 1.29 is 45.9 Å². The van der Waals surface area contributed by atoms with Gasteiger partial charge in [-0.1, -0.05) is 82.0 Å². The second kappa shape index (κ2) is 27.6. The number of phenolic OH excluding ortho intramolecular Hbond substituents is 1. The van der Waals surface area contributed by atoms with Crippen LogP contribution in [0.4, 0.5) is 0 Å². The Bertz CT molecular complexity index is 2110. The second-order valence-electron chi connectivity index (χ2n) is 23.9. The lowest BCUT2D eigenvalue weighted by molar-refractivity contribution is -0.0668. The van der Waals surface area contributed by atoms with Gasteiger partial charge in [0, 0.05) is 19.4 Å². The number of methoxy groups -OCH3 is 1. The molecule has 72 heavy (non-hydrogen) atoms. The summed E-state index contributed by atoms with van der Waals surface area (Å²) in [6, 6.07) is 34.3. The smallest absolute Gasteiger partial charge is 0.469 e. The monoisotopic (exact) mass is 1080 g/mol. The summed E-state index contributed by atoms with van der Waals surface area (Å²) in [5.41, 5.74) is 5.04. The minimum absolute atomic E-state index is 0.223. The number of ether oxygens (including phenoxy) is 6. The van der Waals surface area contributed by atoms with E-state index in [1.807, 2.05) is 32.9 Å². The van der Waals surface area contributed by atoms with E-state index in [4.69, 9.17) is 40.8 Å². The molecule has 0 fully saturated rings. The SMILES string of the molecule is CCC(CC(CC(CC(C)c1ccc(O)cc1)c1ccc(OC(C)OC)cc1)c1ccc(OC(C)OC[Si](C)(C)C)cc1)c1ccc(OC(C)OCCC[Si](O[Si](C)(C)C)(O[Si](C)(C)C)O[Si](C)(C)C)cc1. The Balaban J connectivity index is 1.57. The Morgan fingerprint density at radius 2 is 0.833 bits per heavy atom. The van der Waals surface area contributed by atoms with Gasteiger partial charge in [0.2, 0.25) is 0 Å². The highest BCUT2D eigenvalue weighted by atomic mass is 28.5. The lowest BCUT2D eigenvalue weighted by Gasteiger charge is -2.43. The van der Waals surface area contributed by atoms with Crippen LogP contribution < -0.4 is 14.2 Å². The Kier molecular flexibility index (Phi) is 23.6. The van der Waals surface area contributed by atoms with E-state index in [9.17, 15) is 5.11 Å². The highest BCUT2D eigenvalue weighted by Gasteiger charge is 2.49. The maximum atomic E-state index is 10.1. The van der Waals surface area contributed by atoms with Crippen molar-refractivity contribution in [2.45, 2.75) is 194 Å². The van der Waals surface area contributed by atoms with E-state index in [1.165, 1.54) is 22.3 Å². The molecule has 0 amide bonds. The minimum atomic E-state index is -2.94. The van der Waals surface area contributed by atoms with E-state index in [0.29, 0.717) is 12.5 Å². The zero-order valence-electron chi connectivity index (χ0n) is 47.6. The first-order valence-electron chi connectivity index (χ1n) is 26.5. The van der Waals surface area contributed by atoms with Crippen molar-refractivity contribution in [3.8, 4) is 23.0 Å². The van der Waals surface area contributed by atoms with Crippen molar-refractivity contribution in [2.24, 2.45) is 0 Å². The van der Waals surface area contributed by atoms with Crippen LogP contribution in [0.2, 0.25) is 84.6 Å². The number of rotatable bonds is 32. The third kappa shape index (κ3) is 22.8. The van der Waals surface area contributed by atoms with E-state index >= 15 is 0 Å². The van der Waals surface area contributed by atoms with Crippen LogP contribution in [0.3, 0.4) is 0 Å². The molecule has 4 aromatic carbocycles. The van der Waals surface area contributed by atoms with Crippen molar-refractivity contribution in [1.29, 1.82) is 0 Å². The summed E-state index contributed by atoms with van der Waals surface area (Å²) in [7, 11) is -8.56. The van der Waals surface area contributed by atoms with E-state index in [1.54, 1.807) is 19.2 Å². The summed E-state index contributed by atoms with van der Waals surface area (Å²) < 4.78 is 57.1. The normalized spacial score (nSPS) is 15.8. The standard InChI is InChI=1S/C57H94O10Si5/c1-19-47(49-23-31-56(32-24-49)63-45(4)60-37-20-38-72(65-69(10,11)12,66-70(13,14)15)67-71(16,17)18)40-53(51-27-35-57(36-28-51)64-46(5)61-42-68(7,8)9)41-52(39-43(2)48-21-29-54(58)30-22-48)50-25-33-55(34-26-50)62-44(3)59-6/h21-36,43-47,52-53,58H,19-20,37-42H2,1-18H3. The van der Waals surface area contributed by atoms with Crippen LogP contribution in [0.15, 0.2) is 97.1 Å². The first-order valence-corrected chi connectivity index (χ1v) is 42.3. The summed E-state index contributed by atoms with van der Waals surface area (Å²) in [4.78, 5) is 0. The maximum Gasteiger partial charge on any atom is 0.469 e. The molecular weight excluding hydrogens is 985 g/mol. The van der Waals surface area contributed by atoms with Crippen molar-refractivity contribution in [2.75, 3.05) is 19.9 Å². The second-order valence-corrected chi connectivity index (χ2v) is 46.3. The van der Waals surface area contributed by atoms with Crippen LogP contribution in [-0.2, 0) is 26.6 Å². The molecule has 0 aliphatic carbocycles. The molecule has 0 aliphatic rings. The minimum Gasteiger partial charge on any atom is -0.508 e. The molecule has 0 saturated carbocycles. The first kappa shape index (κ1) is 61.5. The van der Waals surface area contributed by atoms with E-state index in [2.05, 4.69) is 165 Å². The van der Waals surface area contributed by atoms with Crippen LogP contribution in [0.1, 0.15) is 113 Å². The zero-order chi connectivity index (χ0) is 53.5. The van der Waals surface area contributed by atoms with Gasteiger partial charge in [0.1, 0.15) is 23.0 Å². The molecular formula is C57H94O10Si5. The quantitative estimate of drug-likeness (QED) is 0.0289. The highest BCUT2D eigenvalue weighted by molar-refractivity contribution is 6.90. The lowest BCUT2D eigenvalue weighted by Crippen LogP contribution is -2.60. The Morgan fingerprint density at radius 3 is 1.24 bits per heavy atom. The van der Waals surface area contributed by atoms with Gasteiger partial charge in [-0.3, -0.25) is 0 Å². The van der Waals surface area contributed by atoms with E-state index in [0.717, 1.165) is 61.6 Å². The maximum absolute atomic E-state index is 10.1. The summed E-state index contributed by atoms with van der Waals surface area (Å²) in [5, 5.41) is 10.1. The van der Waals surface area contributed by atoms with Crippen LogP contribution in [0.5, 0.6) is 23.0 Å². The fourth-order valence-electron chi connectivity index (χ4n) is 9.00. The molecule has 15 heteroatoms. The average molecular weight is 1080 g/mol. The van der Waals surface area contributed by atoms with Crippen molar-refractivity contribution >= 4 is 41.8 Å². The molecule has 4 rings (SSSR count). The third-order valence-corrected chi connectivity index (χ3v) is 25.2. The van der Waals surface area contributed by atoms with Gasteiger partial charge in [-0.05, 0) is 206 Å². The van der Waals surface area contributed by atoms with Gasteiger partial charge in [0.15, 0.2) is 43.8 Å². The summed E-state index contributed by atoms with van der Waals surface area (Å²) >= 11 is 0. The van der Waals surface area contributed by atoms with Gasteiger partial charge < -0.3 is 45.9 Å². The molecule has 10 nitrogen and oxygen atoms in total. The summed E-state index contributed by atoms with van der Waals surface area (Å²) in [6.07, 6.45) is 4.20. The molecule has 0 heterocycles. The molecule has 0 aliphatic heterocycles. The molecule has 4 aromatic rings. The molecule has 0 bridgehead atoms. The van der Waals surface area contributed by atoms with Gasteiger partial charge >= 0.3 is 8.80 Å². The Hall–Kier alpha value is -3.08. The number of phenols is 1. The molecule has 1 N–H and O–H groups in total. The van der Waals surface area contributed by atoms with Crippen LogP contribution in [0.25, 0.3) is 0 Å². The predicted octanol–water partition coefficient (Wildman–Crippen LogP) is 16.0. The van der Waals surface area contributed by atoms with Gasteiger partial charge in [-0.25, -0.2) is 0 Å². The largest absolute Gasteiger partial charge is 0.508 e. The molecule has 7 unspecified atom stereocenters. The molecule has 0 saturated heterocycles. The van der Waals surface area contributed by atoms with Crippen LogP contribution in [-0.4, -0.2) is 85.8 Å². The average Bonchev–Trinajstić information content (AvgIpc) is 3.27. The lowest BCUT2D eigenvalue weighted by atomic mass is 9.75. The van der Waals surface area contributed by atoms with Crippen LogP contribution >= 0.6 is 0 Å². The third-order valence-electron chi connectivity index (χ3n) is 12.1. The Labute approximate surface area is 441 Å². The van der Waals surface area contributed by atoms with Crippen molar-refractivity contribution in [1.82, 2.24) is 0 Å². The molecule has 0 spiro atoms. The van der Waals surface area contributed by atoms with Gasteiger partial charge in [0.25, 0.3) is 0 Å². The molecule has 402 valence electrons. The van der Waals surface area contributed by atoms with Crippen molar-refractivity contribution in [3.63, 3.8) is 0 Å². The van der Waals surface area contributed by atoms with Crippen LogP contribution in [0, 0.1) is 0 Å². The summed E-state index contributed by atoms with van der Waals surface area (Å²) in [5.74, 6) is 3.63. The topological polar surface area (TPSA) is 103 Å². The first-order chi connectivity index (χ1) is 33.5. The van der Waals surface area contributed by atoms with E-state index < -0.39 is 48.1 Å². The number of hydrogen-bond donors (Lipinski definition) is 1. The highest BCUT2D eigenvalue weighted by Crippen LogP contribution is 2.43. The fraction of sp³-hybridized carbons (Fsp3) is 0.579. The number of hydrogen-bond acceptors (Lipinski definition) is 10. The van der Waals surface area contributed by atoms with Gasteiger partial charge in [-0.2, -0.15) is 0 Å². The zero-order valence-corrected chi connectivity index (χ0v) is 52.6. The molecule has 7 atom stereocenters. The molecule has 0 radical (unpaired) electrons. The number of benzene rings is 4. The predicted molar refractivity (Wildman–Crippen MR) is 309 cm³/mol. The fourth-order valence-corrected chi connectivity index (χ4v) is 24.4. The van der Waals surface area contributed by atoms with Gasteiger partial charge in [-0.15, -0.1) is 0 Å².